The Balaban J connectivity index is 2.30. The zero-order chi connectivity index (χ0) is 17.8. The van der Waals surface area contributed by atoms with Crippen molar-refractivity contribution in [2.24, 2.45) is 0 Å². The van der Waals surface area contributed by atoms with Gasteiger partial charge in [-0.3, -0.25) is 24.3 Å². The second-order valence-corrected chi connectivity index (χ2v) is 5.80. The molecule has 7 nitrogen and oxygen atoms in total. The highest BCUT2D eigenvalue weighted by Gasteiger charge is 2.46. The average molecular weight is 316 g/mol. The summed E-state index contributed by atoms with van der Waals surface area (Å²) in [7, 11) is 17.4. The second kappa shape index (κ2) is 5.26. The van der Waals surface area contributed by atoms with Crippen molar-refractivity contribution in [3.8, 4) is 0 Å². The van der Waals surface area contributed by atoms with Gasteiger partial charge in [0.1, 0.15) is 11.9 Å². The molecule has 2 aromatic rings. The maximum atomic E-state index is 12.9. The van der Waals surface area contributed by atoms with Crippen LogP contribution in [0.3, 0.4) is 0 Å². The van der Waals surface area contributed by atoms with Gasteiger partial charge in [-0.15, -0.1) is 0 Å². The maximum Gasteiger partial charge on any atom is 0.264 e. The molecule has 0 saturated carbocycles. The molecule has 24 heavy (non-hydrogen) atoms. The predicted octanol–water partition coefficient (Wildman–Crippen LogP) is -1.11. The lowest BCUT2D eigenvalue weighted by Crippen LogP contribution is -2.55. The van der Waals surface area contributed by atoms with Gasteiger partial charge in [0.2, 0.25) is 11.8 Å². The van der Waals surface area contributed by atoms with Crippen LogP contribution >= 0.6 is 0 Å². The van der Waals surface area contributed by atoms with Gasteiger partial charge in [-0.2, -0.15) is 0 Å². The van der Waals surface area contributed by atoms with Gasteiger partial charge < -0.3 is 5.73 Å². The standard InChI is InChI=1S/C14H11B3N4O3/c1-5-19-7-4-2-3-6(18)8(7)12(23)21(5)9-10(15)14(16,17)13(24)20-11(9)22/h2-4,9-10H,18H2,1H3,(H,20,22,24). The first kappa shape index (κ1) is 16.4. The van der Waals surface area contributed by atoms with Crippen molar-refractivity contribution in [2.75, 3.05) is 5.73 Å². The molecule has 1 fully saturated rings. The Morgan fingerprint density at radius 3 is 2.62 bits per heavy atom. The number of nitrogens with two attached hydrogens (primary N) is 1. The molecule has 1 aliphatic rings. The van der Waals surface area contributed by atoms with Crippen LogP contribution in [0, 0.1) is 6.92 Å². The third-order valence-corrected chi connectivity index (χ3v) is 4.21. The fourth-order valence-electron chi connectivity index (χ4n) is 2.85. The highest BCUT2D eigenvalue weighted by atomic mass is 16.2. The van der Waals surface area contributed by atoms with Crippen LogP contribution in [0.4, 0.5) is 5.69 Å². The molecule has 2 amide bonds. The highest BCUT2D eigenvalue weighted by molar-refractivity contribution is 6.55. The Morgan fingerprint density at radius 1 is 1.29 bits per heavy atom. The summed E-state index contributed by atoms with van der Waals surface area (Å²) in [6.45, 7) is 1.54. The first-order valence-corrected chi connectivity index (χ1v) is 7.12. The van der Waals surface area contributed by atoms with Crippen LogP contribution in [0.25, 0.3) is 10.9 Å². The molecule has 0 aliphatic carbocycles. The fraction of sp³-hybridized carbons (Fsp3) is 0.286. The molecule has 2 unspecified atom stereocenters. The molecule has 2 atom stereocenters. The van der Waals surface area contributed by atoms with Crippen molar-refractivity contribution < 1.29 is 9.59 Å². The Hall–Kier alpha value is -2.51. The molecular weight excluding hydrogens is 305 g/mol. The lowest BCUT2D eigenvalue weighted by Gasteiger charge is -2.42. The number of nitrogens with zero attached hydrogens (tertiary/aromatic N) is 2. The van der Waals surface area contributed by atoms with E-state index in [0.29, 0.717) is 5.52 Å². The molecule has 10 heteroatoms. The van der Waals surface area contributed by atoms with Crippen molar-refractivity contribution in [3.05, 3.63) is 34.4 Å². The quantitative estimate of drug-likeness (QED) is 0.394. The molecule has 6 radical (unpaired) electrons. The van der Waals surface area contributed by atoms with E-state index in [1.165, 1.54) is 6.92 Å². The van der Waals surface area contributed by atoms with Crippen LogP contribution in [0.5, 0.6) is 0 Å². The number of rotatable bonds is 1. The summed E-state index contributed by atoms with van der Waals surface area (Å²) >= 11 is 0. The number of piperidine rings is 1. The summed E-state index contributed by atoms with van der Waals surface area (Å²) in [4.78, 5) is 41.2. The number of amides is 2. The molecule has 1 saturated heterocycles. The molecule has 1 aromatic carbocycles. The van der Waals surface area contributed by atoms with E-state index in [4.69, 9.17) is 29.3 Å². The number of carbonyl (C=O) groups is 2. The van der Waals surface area contributed by atoms with E-state index in [1.807, 2.05) is 5.32 Å². The van der Waals surface area contributed by atoms with E-state index in [-0.39, 0.29) is 16.9 Å². The zero-order valence-corrected chi connectivity index (χ0v) is 12.8. The highest BCUT2D eigenvalue weighted by Crippen LogP contribution is 2.43. The third-order valence-electron chi connectivity index (χ3n) is 4.21. The fourth-order valence-corrected chi connectivity index (χ4v) is 2.85. The number of benzene rings is 1. The number of fused-ring (bicyclic) bond motifs is 1. The van der Waals surface area contributed by atoms with Crippen molar-refractivity contribution >= 4 is 51.9 Å². The first-order valence-electron chi connectivity index (χ1n) is 7.12. The minimum absolute atomic E-state index is 0.152. The lowest BCUT2D eigenvalue weighted by molar-refractivity contribution is -0.136. The van der Waals surface area contributed by atoms with Crippen LogP contribution in [-0.2, 0) is 9.59 Å². The maximum absolute atomic E-state index is 12.9. The minimum Gasteiger partial charge on any atom is -0.398 e. The molecule has 3 N–H and O–H groups in total. The van der Waals surface area contributed by atoms with E-state index in [0.717, 1.165) is 4.57 Å². The summed E-state index contributed by atoms with van der Waals surface area (Å²) in [5.74, 6) is -2.78. The predicted molar refractivity (Wildman–Crippen MR) is 91.0 cm³/mol. The number of hydrogen-bond donors (Lipinski definition) is 2. The van der Waals surface area contributed by atoms with Crippen LogP contribution in [0.1, 0.15) is 11.9 Å². The summed E-state index contributed by atoms with van der Waals surface area (Å²) < 4.78 is 1.07. The largest absolute Gasteiger partial charge is 0.398 e. The van der Waals surface area contributed by atoms with Crippen molar-refractivity contribution in [2.45, 2.75) is 24.0 Å². The van der Waals surface area contributed by atoms with Gasteiger partial charge in [0.05, 0.1) is 34.4 Å². The summed E-state index contributed by atoms with van der Waals surface area (Å²) in [6.07, 6.45) is 0. The topological polar surface area (TPSA) is 107 Å². The summed E-state index contributed by atoms with van der Waals surface area (Å²) in [5, 5.41) is 0.179. The van der Waals surface area contributed by atoms with Crippen molar-refractivity contribution in [3.63, 3.8) is 0 Å². The van der Waals surface area contributed by atoms with Crippen LogP contribution < -0.4 is 16.6 Å². The zero-order valence-electron chi connectivity index (χ0n) is 12.8. The van der Waals surface area contributed by atoms with Gasteiger partial charge in [0, 0.05) is 5.69 Å². The lowest BCUT2D eigenvalue weighted by atomic mass is 9.40. The normalized spacial score (nSPS) is 23.2. The van der Waals surface area contributed by atoms with Crippen LogP contribution in [-0.4, -0.2) is 44.9 Å². The number of anilines is 1. The molecule has 3 rings (SSSR count). The van der Waals surface area contributed by atoms with E-state index < -0.39 is 34.4 Å². The van der Waals surface area contributed by atoms with Gasteiger partial charge in [-0.1, -0.05) is 6.07 Å². The first-order chi connectivity index (χ1) is 11.2. The SMILES string of the molecule is [B]C1C(n2c(C)nc3cccc(N)c3c2=O)C(=O)NC(=O)C1([B])[B]. The number of aryl methyl sites for hydroxylation is 1. The Labute approximate surface area is 141 Å². The van der Waals surface area contributed by atoms with Crippen molar-refractivity contribution in [1.29, 1.82) is 0 Å². The summed E-state index contributed by atoms with van der Waals surface area (Å²) in [6, 6.07) is 3.55. The Kier molecular flexibility index (Phi) is 3.58. The third kappa shape index (κ3) is 2.17. The monoisotopic (exact) mass is 316 g/mol. The molecule has 1 aliphatic heterocycles. The number of carbonyl (C=O) groups excluding carboxylic acids is 2. The number of nitrogens with one attached hydrogen (secondary N) is 1. The van der Waals surface area contributed by atoms with Gasteiger partial charge in [-0.25, -0.2) is 4.98 Å². The molecule has 0 spiro atoms. The number of hydrogen-bond acceptors (Lipinski definition) is 5. The Bertz CT molecular complexity index is 941. The van der Waals surface area contributed by atoms with Crippen LogP contribution in [0.15, 0.2) is 23.0 Å². The van der Waals surface area contributed by atoms with Gasteiger partial charge >= 0.3 is 0 Å². The molecule has 2 heterocycles. The number of nitrogen functional groups attached to an aromatic ring is 1. The molecular formula is C14H11B3N4O3. The van der Waals surface area contributed by atoms with E-state index in [1.54, 1.807) is 18.2 Å². The molecule has 0 bridgehead atoms. The van der Waals surface area contributed by atoms with Gasteiger partial charge in [-0.05, 0) is 30.1 Å². The van der Waals surface area contributed by atoms with E-state index in [2.05, 4.69) is 4.98 Å². The van der Waals surface area contributed by atoms with Gasteiger partial charge in [0.25, 0.3) is 5.56 Å². The molecule has 114 valence electrons. The van der Waals surface area contributed by atoms with Crippen LogP contribution in [0.2, 0.25) is 11.0 Å². The number of imide groups is 1. The number of aromatic nitrogens is 2. The van der Waals surface area contributed by atoms with E-state index in [9.17, 15) is 14.4 Å². The average Bonchev–Trinajstić information content (AvgIpc) is 2.48. The minimum atomic E-state index is -2.01. The second-order valence-electron chi connectivity index (χ2n) is 5.80. The molecule has 1 aromatic heterocycles. The Morgan fingerprint density at radius 2 is 1.96 bits per heavy atom. The smallest absolute Gasteiger partial charge is 0.264 e. The summed E-state index contributed by atoms with van der Waals surface area (Å²) in [5.41, 5.74) is 5.91. The van der Waals surface area contributed by atoms with E-state index >= 15 is 0 Å². The van der Waals surface area contributed by atoms with Gasteiger partial charge in [0.15, 0.2) is 0 Å². The van der Waals surface area contributed by atoms with Crippen molar-refractivity contribution in [1.82, 2.24) is 14.9 Å².